The van der Waals surface area contributed by atoms with E-state index in [1.54, 1.807) is 0 Å². The second-order valence-electron chi connectivity index (χ2n) is 7.25. The van der Waals surface area contributed by atoms with Crippen LogP contribution in [0.2, 0.25) is 0 Å². The lowest BCUT2D eigenvalue weighted by Crippen LogP contribution is -2.62. The quantitative estimate of drug-likeness (QED) is 0.706. The molecule has 118 valence electrons. The summed E-state index contributed by atoms with van der Waals surface area (Å²) in [5.74, 6) is 3.23. The molecule has 0 N–H and O–H groups in total. The number of nitriles is 2. The smallest absolute Gasteiger partial charge is 0.233 e. The van der Waals surface area contributed by atoms with E-state index < -0.39 is 0 Å². The van der Waals surface area contributed by atoms with Crippen LogP contribution in [0.5, 0.6) is 0 Å². The molecule has 0 spiro atoms. The largest absolute Gasteiger partial charge is 0.335 e. The monoisotopic (exact) mass is 317 g/mol. The van der Waals surface area contributed by atoms with Gasteiger partial charge >= 0.3 is 0 Å². The molecular formula is C17H23N3OS. The van der Waals surface area contributed by atoms with Gasteiger partial charge in [-0.15, -0.1) is 11.8 Å². The predicted octanol–water partition coefficient (Wildman–Crippen LogP) is 2.95. The second-order valence-corrected chi connectivity index (χ2v) is 8.23. The van der Waals surface area contributed by atoms with Gasteiger partial charge in [-0.25, -0.2) is 0 Å². The Morgan fingerprint density at radius 1 is 1.09 bits per heavy atom. The van der Waals surface area contributed by atoms with Crippen molar-refractivity contribution in [1.82, 2.24) is 4.90 Å². The Hall–Kier alpha value is -1.20. The molecule has 0 saturated heterocycles. The van der Waals surface area contributed by atoms with Gasteiger partial charge in [-0.2, -0.15) is 10.5 Å². The Kier molecular flexibility index (Phi) is 4.64. The van der Waals surface area contributed by atoms with Gasteiger partial charge in [-0.3, -0.25) is 4.79 Å². The molecule has 4 rings (SSSR count). The van der Waals surface area contributed by atoms with E-state index in [1.165, 1.54) is 31.0 Å². The molecule has 4 nitrogen and oxygen atoms in total. The predicted molar refractivity (Wildman–Crippen MR) is 85.8 cm³/mol. The Labute approximate surface area is 136 Å². The van der Waals surface area contributed by atoms with Crippen molar-refractivity contribution in [2.75, 3.05) is 18.1 Å². The Morgan fingerprint density at radius 3 is 2.18 bits per heavy atom. The average Bonchev–Trinajstić information content (AvgIpc) is 2.46. The van der Waals surface area contributed by atoms with E-state index in [-0.39, 0.29) is 11.4 Å². The van der Waals surface area contributed by atoms with Crippen LogP contribution in [0.15, 0.2) is 0 Å². The van der Waals surface area contributed by atoms with Crippen molar-refractivity contribution in [2.24, 2.45) is 17.8 Å². The van der Waals surface area contributed by atoms with Crippen LogP contribution in [0.1, 0.15) is 44.9 Å². The highest BCUT2D eigenvalue weighted by Gasteiger charge is 2.54. The van der Waals surface area contributed by atoms with Crippen LogP contribution in [-0.4, -0.2) is 34.4 Å². The fourth-order valence-electron chi connectivity index (χ4n) is 5.45. The van der Waals surface area contributed by atoms with E-state index in [1.807, 2.05) is 4.90 Å². The molecule has 0 radical (unpaired) electrons. The van der Waals surface area contributed by atoms with Crippen molar-refractivity contribution >= 4 is 17.7 Å². The van der Waals surface area contributed by atoms with Crippen molar-refractivity contribution in [3.05, 3.63) is 0 Å². The molecule has 5 heteroatoms. The molecule has 0 aromatic heterocycles. The number of carbonyl (C=O) groups is 1. The molecule has 4 saturated carbocycles. The third kappa shape index (κ3) is 2.97. The number of hydrogen-bond donors (Lipinski definition) is 0. The van der Waals surface area contributed by atoms with Crippen molar-refractivity contribution < 1.29 is 4.79 Å². The van der Waals surface area contributed by atoms with Gasteiger partial charge in [0.25, 0.3) is 0 Å². The number of nitrogens with zero attached hydrogens (tertiary/aromatic N) is 3. The number of carbonyl (C=O) groups excluding carboxylic acids is 1. The normalized spacial score (nSPS) is 34.9. The first-order chi connectivity index (χ1) is 10.7. The zero-order valence-corrected chi connectivity index (χ0v) is 13.8. The summed E-state index contributed by atoms with van der Waals surface area (Å²) in [4.78, 5) is 14.8. The summed E-state index contributed by atoms with van der Waals surface area (Å²) in [5, 5.41) is 17.6. The Morgan fingerprint density at radius 2 is 1.68 bits per heavy atom. The zero-order valence-electron chi connectivity index (χ0n) is 13.0. The molecule has 0 aromatic carbocycles. The van der Waals surface area contributed by atoms with Crippen molar-refractivity contribution in [3.63, 3.8) is 0 Å². The average molecular weight is 317 g/mol. The fourth-order valence-corrected chi connectivity index (χ4v) is 5.97. The Balaban J connectivity index is 1.75. The lowest BCUT2D eigenvalue weighted by atomic mass is 9.52. The van der Waals surface area contributed by atoms with E-state index in [4.69, 9.17) is 10.5 Å². The maximum absolute atomic E-state index is 12.7. The van der Waals surface area contributed by atoms with Crippen molar-refractivity contribution in [1.29, 1.82) is 10.5 Å². The third-order valence-corrected chi connectivity index (χ3v) is 6.50. The van der Waals surface area contributed by atoms with E-state index in [2.05, 4.69) is 12.1 Å². The lowest BCUT2D eigenvalue weighted by molar-refractivity contribution is -0.147. The summed E-state index contributed by atoms with van der Waals surface area (Å²) < 4.78 is 0. The first-order valence-electron chi connectivity index (χ1n) is 8.29. The molecule has 22 heavy (non-hydrogen) atoms. The van der Waals surface area contributed by atoms with E-state index in [0.29, 0.717) is 24.5 Å². The summed E-state index contributed by atoms with van der Waals surface area (Å²) in [6.45, 7) is 0.564. The molecule has 0 aromatic rings. The van der Waals surface area contributed by atoms with Gasteiger partial charge in [0, 0.05) is 12.1 Å². The van der Waals surface area contributed by atoms with Crippen LogP contribution in [0.4, 0.5) is 0 Å². The van der Waals surface area contributed by atoms with Gasteiger partial charge in [0.1, 0.15) is 0 Å². The minimum Gasteiger partial charge on any atom is -0.335 e. The number of thioether (sulfide) groups is 1. The van der Waals surface area contributed by atoms with Crippen LogP contribution in [0.3, 0.4) is 0 Å². The maximum atomic E-state index is 12.7. The van der Waals surface area contributed by atoms with Gasteiger partial charge in [0.15, 0.2) is 0 Å². The van der Waals surface area contributed by atoms with Gasteiger partial charge in [-0.1, -0.05) is 0 Å². The van der Waals surface area contributed by atoms with Crippen LogP contribution >= 0.6 is 11.8 Å². The van der Waals surface area contributed by atoms with Gasteiger partial charge < -0.3 is 4.90 Å². The van der Waals surface area contributed by atoms with Crippen LogP contribution in [-0.2, 0) is 4.79 Å². The summed E-state index contributed by atoms with van der Waals surface area (Å²) in [6.07, 6.45) is 7.88. The van der Waals surface area contributed by atoms with Gasteiger partial charge in [-0.05, 0) is 56.3 Å². The minimum absolute atomic E-state index is 0.0237. The highest BCUT2D eigenvalue weighted by atomic mass is 32.2. The molecule has 0 atom stereocenters. The highest BCUT2D eigenvalue weighted by Crippen LogP contribution is 2.57. The molecule has 1 amide bonds. The molecule has 4 aliphatic carbocycles. The van der Waals surface area contributed by atoms with Crippen LogP contribution < -0.4 is 0 Å². The number of hydrogen-bond acceptors (Lipinski definition) is 4. The van der Waals surface area contributed by atoms with Gasteiger partial charge in [0.05, 0.1) is 30.1 Å². The molecule has 0 unspecified atom stereocenters. The first-order valence-corrected chi connectivity index (χ1v) is 9.44. The highest BCUT2D eigenvalue weighted by molar-refractivity contribution is 8.00. The standard InChI is InChI=1S/C17H23N3OS/c18-2-1-4-20(16(21)12-22-5-3-19)17-9-13-6-14(10-17)8-15(7-13)11-17/h13-15H,1,4-12H2. The Bertz CT molecular complexity index is 484. The van der Waals surface area contributed by atoms with Crippen molar-refractivity contribution in [2.45, 2.75) is 50.5 Å². The fraction of sp³-hybridized carbons (Fsp3) is 0.824. The first kappa shape index (κ1) is 15.7. The summed E-state index contributed by atoms with van der Waals surface area (Å²) >= 11 is 1.39. The van der Waals surface area contributed by atoms with E-state index >= 15 is 0 Å². The number of amides is 1. The molecular weight excluding hydrogens is 294 g/mol. The molecule has 4 bridgehead atoms. The number of rotatable bonds is 6. The lowest BCUT2D eigenvalue weighted by Gasteiger charge is -2.60. The summed E-state index contributed by atoms with van der Waals surface area (Å²) in [7, 11) is 0. The molecule has 4 aliphatic rings. The van der Waals surface area contributed by atoms with E-state index in [0.717, 1.165) is 37.0 Å². The van der Waals surface area contributed by atoms with Crippen LogP contribution in [0.25, 0.3) is 0 Å². The molecule has 0 aliphatic heterocycles. The molecule has 0 heterocycles. The maximum Gasteiger partial charge on any atom is 0.233 e. The minimum atomic E-state index is 0.0237. The summed E-state index contributed by atoms with van der Waals surface area (Å²) in [6, 6.07) is 4.28. The zero-order chi connectivity index (χ0) is 15.6. The second kappa shape index (κ2) is 6.50. The topological polar surface area (TPSA) is 67.9 Å². The van der Waals surface area contributed by atoms with E-state index in [9.17, 15) is 4.79 Å². The molecule has 4 fully saturated rings. The van der Waals surface area contributed by atoms with Crippen LogP contribution in [0, 0.1) is 40.4 Å². The summed E-state index contributed by atoms with van der Waals surface area (Å²) in [5.41, 5.74) is 0.0237. The SMILES string of the molecule is N#CCCN(C(=O)CSCC#N)C12CC3CC(CC(C3)C1)C2. The van der Waals surface area contributed by atoms with Gasteiger partial charge in [0.2, 0.25) is 5.91 Å². The third-order valence-electron chi connectivity index (χ3n) is 5.72. The van der Waals surface area contributed by atoms with Crippen molar-refractivity contribution in [3.8, 4) is 12.1 Å².